The Hall–Kier alpha value is -3.38. The third-order valence-corrected chi connectivity index (χ3v) is 6.31. The van der Waals surface area contributed by atoms with Gasteiger partial charge < -0.3 is 10.1 Å². The molecule has 0 spiro atoms. The van der Waals surface area contributed by atoms with Gasteiger partial charge in [0, 0.05) is 16.7 Å². The molecule has 35 heavy (non-hydrogen) atoms. The lowest BCUT2D eigenvalue weighted by molar-refractivity contribution is -0.149. The average molecular weight is 490 g/mol. The fourth-order valence-electron chi connectivity index (χ4n) is 3.59. The van der Waals surface area contributed by atoms with Crippen LogP contribution in [-0.4, -0.2) is 35.7 Å². The van der Waals surface area contributed by atoms with Crippen molar-refractivity contribution in [3.8, 4) is 0 Å². The number of nitrogens with one attached hydrogen (secondary N) is 1. The second-order valence-corrected chi connectivity index (χ2v) is 9.62. The highest BCUT2D eigenvalue weighted by Gasteiger charge is 2.30. The highest BCUT2D eigenvalue weighted by Crippen LogP contribution is 2.25. The number of hydrogen-bond donors (Lipinski definition) is 1. The van der Waals surface area contributed by atoms with E-state index in [0.29, 0.717) is 28.9 Å². The maximum Gasteiger partial charge on any atom is 0.329 e. The van der Waals surface area contributed by atoms with Gasteiger partial charge in [-0.2, -0.15) is 11.8 Å². The predicted octanol–water partition coefficient (Wildman–Crippen LogP) is 5.63. The number of ketones is 1. The van der Waals surface area contributed by atoms with E-state index in [4.69, 9.17) is 4.74 Å². The van der Waals surface area contributed by atoms with E-state index < -0.39 is 18.1 Å². The van der Waals surface area contributed by atoms with Gasteiger partial charge in [0.15, 0.2) is 6.10 Å². The van der Waals surface area contributed by atoms with Crippen molar-refractivity contribution < 1.29 is 19.1 Å². The largest absolute Gasteiger partial charge is 0.447 e. The van der Waals surface area contributed by atoms with Crippen molar-refractivity contribution in [3.05, 3.63) is 106 Å². The number of aryl methyl sites for hydroxylation is 3. The number of thioether (sulfide) groups is 1. The van der Waals surface area contributed by atoms with E-state index in [2.05, 4.69) is 5.32 Å². The van der Waals surface area contributed by atoms with Crippen LogP contribution in [0.1, 0.15) is 55.5 Å². The summed E-state index contributed by atoms with van der Waals surface area (Å²) >= 11 is 1.57. The van der Waals surface area contributed by atoms with Gasteiger partial charge in [-0.3, -0.25) is 9.59 Å². The van der Waals surface area contributed by atoms with Gasteiger partial charge in [0.05, 0.1) is 0 Å². The number of amides is 1. The number of ether oxygens (including phenoxy) is 1. The molecule has 0 aliphatic carbocycles. The summed E-state index contributed by atoms with van der Waals surface area (Å²) in [6.45, 7) is 5.80. The Kier molecular flexibility index (Phi) is 9.26. The molecule has 0 radical (unpaired) electrons. The molecule has 0 aliphatic heterocycles. The lowest BCUT2D eigenvalue weighted by atomic mass is 9.98. The van der Waals surface area contributed by atoms with Crippen LogP contribution in [0.5, 0.6) is 0 Å². The minimum atomic E-state index is -1.11. The van der Waals surface area contributed by atoms with E-state index in [1.54, 1.807) is 54.2 Å². The number of Topliss-reactive ketones (excluding diaryl/α,β-unsaturated/α-hetero) is 1. The first kappa shape index (κ1) is 26.2. The predicted molar refractivity (Wildman–Crippen MR) is 141 cm³/mol. The third kappa shape index (κ3) is 7.30. The SMILES string of the molecule is CSCCC(NC(=O)c1cccc(C)c1)C(=O)OC(C(=O)c1ccc(C)cc1)c1ccc(C)cc1. The standard InChI is InChI=1S/C29H31NO4S/c1-19-8-12-22(13-9-19)26(31)27(23-14-10-20(2)11-15-23)34-29(33)25(16-17-35-4)30-28(32)24-7-5-6-21(3)18-24/h5-15,18,25,27H,16-17H2,1-4H3,(H,30,32). The van der Waals surface area contributed by atoms with E-state index in [9.17, 15) is 14.4 Å². The maximum absolute atomic E-state index is 13.4. The van der Waals surface area contributed by atoms with Crippen LogP contribution in [0.4, 0.5) is 0 Å². The van der Waals surface area contributed by atoms with Gasteiger partial charge in [0.1, 0.15) is 6.04 Å². The van der Waals surface area contributed by atoms with Crippen LogP contribution in [-0.2, 0) is 9.53 Å². The second-order valence-electron chi connectivity index (χ2n) is 8.63. The summed E-state index contributed by atoms with van der Waals surface area (Å²) in [7, 11) is 0. The van der Waals surface area contributed by atoms with Gasteiger partial charge in [0.25, 0.3) is 5.91 Å². The molecule has 0 aromatic heterocycles. The Morgan fingerprint density at radius 3 is 2.06 bits per heavy atom. The molecule has 5 nitrogen and oxygen atoms in total. The fraction of sp³-hybridized carbons (Fsp3) is 0.276. The van der Waals surface area contributed by atoms with E-state index in [1.165, 1.54) is 0 Å². The topological polar surface area (TPSA) is 72.5 Å². The molecular formula is C29H31NO4S. The zero-order valence-corrected chi connectivity index (χ0v) is 21.4. The number of esters is 1. The fourth-order valence-corrected chi connectivity index (χ4v) is 4.07. The number of benzene rings is 3. The van der Waals surface area contributed by atoms with Gasteiger partial charge in [-0.05, 0) is 51.3 Å². The number of carbonyl (C=O) groups excluding carboxylic acids is 3. The summed E-state index contributed by atoms with van der Waals surface area (Å²) in [5.41, 5.74) is 4.52. The molecule has 0 heterocycles. The Morgan fingerprint density at radius 2 is 1.46 bits per heavy atom. The first-order valence-corrected chi connectivity index (χ1v) is 12.9. The lowest BCUT2D eigenvalue weighted by Gasteiger charge is -2.22. The molecule has 0 bridgehead atoms. The maximum atomic E-state index is 13.4. The molecule has 2 unspecified atom stereocenters. The highest BCUT2D eigenvalue weighted by molar-refractivity contribution is 7.98. The Morgan fingerprint density at radius 1 is 0.829 bits per heavy atom. The summed E-state index contributed by atoms with van der Waals surface area (Å²) in [4.78, 5) is 39.6. The van der Waals surface area contributed by atoms with Crippen molar-refractivity contribution in [1.29, 1.82) is 0 Å². The molecule has 3 rings (SSSR count). The first-order valence-electron chi connectivity index (χ1n) is 11.5. The van der Waals surface area contributed by atoms with Gasteiger partial charge >= 0.3 is 5.97 Å². The molecule has 3 aromatic rings. The molecule has 0 saturated carbocycles. The van der Waals surface area contributed by atoms with Crippen LogP contribution in [0.2, 0.25) is 0 Å². The van der Waals surface area contributed by atoms with Crippen LogP contribution in [0.25, 0.3) is 0 Å². The van der Waals surface area contributed by atoms with Crippen LogP contribution >= 0.6 is 11.8 Å². The van der Waals surface area contributed by atoms with Gasteiger partial charge in [-0.25, -0.2) is 4.79 Å². The van der Waals surface area contributed by atoms with Crippen molar-refractivity contribution >= 4 is 29.4 Å². The molecule has 6 heteroatoms. The summed E-state index contributed by atoms with van der Waals surface area (Å²) in [6.07, 6.45) is 1.20. The van der Waals surface area contributed by atoms with Gasteiger partial charge in [-0.1, -0.05) is 77.4 Å². The van der Waals surface area contributed by atoms with Crippen molar-refractivity contribution in [2.24, 2.45) is 0 Å². The van der Waals surface area contributed by atoms with Crippen LogP contribution < -0.4 is 5.32 Å². The zero-order chi connectivity index (χ0) is 25.4. The Balaban J connectivity index is 1.86. The van der Waals surface area contributed by atoms with Gasteiger partial charge in [0.2, 0.25) is 5.78 Å². The second kappa shape index (κ2) is 12.4. The zero-order valence-electron chi connectivity index (χ0n) is 20.5. The van der Waals surface area contributed by atoms with Crippen LogP contribution in [0.3, 0.4) is 0 Å². The Bertz CT molecular complexity index is 1170. The number of hydrogen-bond acceptors (Lipinski definition) is 5. The van der Waals surface area contributed by atoms with E-state index in [0.717, 1.165) is 16.7 Å². The summed E-state index contributed by atoms with van der Waals surface area (Å²) in [5.74, 6) is -0.648. The van der Waals surface area contributed by atoms with Crippen molar-refractivity contribution in [2.45, 2.75) is 39.3 Å². The van der Waals surface area contributed by atoms with Crippen molar-refractivity contribution in [2.75, 3.05) is 12.0 Å². The first-order chi connectivity index (χ1) is 16.8. The van der Waals surface area contributed by atoms with Gasteiger partial charge in [-0.15, -0.1) is 0 Å². The number of rotatable bonds is 10. The molecule has 1 N–H and O–H groups in total. The third-order valence-electron chi connectivity index (χ3n) is 5.67. The molecule has 0 saturated heterocycles. The van der Waals surface area contributed by atoms with Crippen molar-refractivity contribution in [3.63, 3.8) is 0 Å². The smallest absolute Gasteiger partial charge is 0.329 e. The monoisotopic (exact) mass is 489 g/mol. The highest BCUT2D eigenvalue weighted by atomic mass is 32.2. The summed E-state index contributed by atoms with van der Waals surface area (Å²) in [5, 5.41) is 2.81. The van der Waals surface area contributed by atoms with E-state index in [1.807, 2.05) is 57.4 Å². The van der Waals surface area contributed by atoms with Crippen molar-refractivity contribution in [1.82, 2.24) is 5.32 Å². The summed E-state index contributed by atoms with van der Waals surface area (Å²) in [6, 6.07) is 20.8. The number of carbonyl (C=O) groups is 3. The molecule has 2 atom stereocenters. The minimum absolute atomic E-state index is 0.309. The van der Waals surface area contributed by atoms with Crippen LogP contribution in [0.15, 0.2) is 72.8 Å². The Labute approximate surface area is 211 Å². The lowest BCUT2D eigenvalue weighted by Crippen LogP contribution is -2.43. The molecular weight excluding hydrogens is 458 g/mol. The quantitative estimate of drug-likeness (QED) is 0.295. The molecule has 3 aromatic carbocycles. The molecule has 0 fully saturated rings. The normalized spacial score (nSPS) is 12.5. The minimum Gasteiger partial charge on any atom is -0.447 e. The molecule has 0 aliphatic rings. The van der Waals surface area contributed by atoms with Crippen LogP contribution in [0, 0.1) is 20.8 Å². The average Bonchev–Trinajstić information content (AvgIpc) is 2.85. The molecule has 1 amide bonds. The summed E-state index contributed by atoms with van der Waals surface area (Å²) < 4.78 is 5.83. The molecule has 182 valence electrons. The van der Waals surface area contributed by atoms with E-state index >= 15 is 0 Å². The van der Waals surface area contributed by atoms with E-state index in [-0.39, 0.29) is 11.7 Å².